The number of Topliss-reactive ketones (excluding diaryl/α,β-unsaturated/α-hetero) is 1. The highest BCUT2D eigenvalue weighted by Gasteiger charge is 2.15. The number of rotatable bonds is 4. The van der Waals surface area contributed by atoms with Gasteiger partial charge in [-0.3, -0.25) is 4.79 Å². The Labute approximate surface area is 142 Å². The van der Waals surface area contributed by atoms with Crippen molar-refractivity contribution in [3.05, 3.63) is 51.9 Å². The molecule has 0 bridgehead atoms. The summed E-state index contributed by atoms with van der Waals surface area (Å²) in [5.74, 6) is 0.414. The maximum absolute atomic E-state index is 13.2. The van der Waals surface area contributed by atoms with Gasteiger partial charge in [-0.15, -0.1) is 11.3 Å². The number of hydrogen-bond acceptors (Lipinski definition) is 5. The predicted molar refractivity (Wildman–Crippen MR) is 93.1 cm³/mol. The molecule has 6 heteroatoms. The van der Waals surface area contributed by atoms with Crippen molar-refractivity contribution >= 4 is 39.1 Å². The smallest absolute Gasteiger partial charge is 0.173 e. The number of aromatic nitrogens is 2. The van der Waals surface area contributed by atoms with E-state index in [1.54, 1.807) is 23.5 Å². The number of nitrogens with zero attached hydrogens (tertiary/aromatic N) is 2. The second-order valence-corrected chi connectivity index (χ2v) is 7.43. The molecule has 118 valence electrons. The standard InChI is InChI=1S/C17H15FN2OS2/c1-9-10(2)23-17-15(9)16(19-11(3)20-17)22-8-14(21)12-5-4-6-13(18)7-12/h4-7H,8H2,1-3H3. The summed E-state index contributed by atoms with van der Waals surface area (Å²) in [5.41, 5.74) is 1.54. The van der Waals surface area contributed by atoms with Crippen molar-refractivity contribution < 1.29 is 9.18 Å². The van der Waals surface area contributed by atoms with Crippen molar-refractivity contribution in [2.75, 3.05) is 5.75 Å². The number of benzene rings is 1. The van der Waals surface area contributed by atoms with E-state index in [1.807, 2.05) is 13.8 Å². The predicted octanol–water partition coefficient (Wildman–Crippen LogP) is 4.73. The van der Waals surface area contributed by atoms with E-state index in [0.29, 0.717) is 11.4 Å². The lowest BCUT2D eigenvalue weighted by Crippen LogP contribution is -2.03. The molecule has 0 aliphatic heterocycles. The fraction of sp³-hybridized carbons (Fsp3) is 0.235. The topological polar surface area (TPSA) is 42.9 Å². The van der Waals surface area contributed by atoms with Crippen molar-refractivity contribution in [3.63, 3.8) is 0 Å². The van der Waals surface area contributed by atoms with Gasteiger partial charge in [0.2, 0.25) is 0 Å². The van der Waals surface area contributed by atoms with Crippen LogP contribution in [-0.4, -0.2) is 21.5 Å². The molecule has 0 radical (unpaired) electrons. The number of carbonyl (C=O) groups is 1. The highest BCUT2D eigenvalue weighted by Crippen LogP contribution is 2.35. The Morgan fingerprint density at radius 2 is 2.04 bits per heavy atom. The number of thiophene rings is 1. The number of fused-ring (bicyclic) bond motifs is 1. The second-order valence-electron chi connectivity index (χ2n) is 5.26. The lowest BCUT2D eigenvalue weighted by Gasteiger charge is -2.05. The zero-order valence-corrected chi connectivity index (χ0v) is 14.6. The van der Waals surface area contributed by atoms with Gasteiger partial charge in [0, 0.05) is 15.8 Å². The molecule has 0 atom stereocenters. The second kappa shape index (κ2) is 6.37. The molecule has 3 nitrogen and oxygen atoms in total. The van der Waals surface area contributed by atoms with Gasteiger partial charge in [-0.05, 0) is 38.5 Å². The Balaban J connectivity index is 1.88. The van der Waals surface area contributed by atoms with Crippen molar-refractivity contribution in [3.8, 4) is 0 Å². The normalized spacial score (nSPS) is 11.1. The number of thioether (sulfide) groups is 1. The number of ketones is 1. The molecule has 0 amide bonds. The average molecular weight is 346 g/mol. The maximum Gasteiger partial charge on any atom is 0.173 e. The Morgan fingerprint density at radius 3 is 2.78 bits per heavy atom. The van der Waals surface area contributed by atoms with Gasteiger partial charge in [0.25, 0.3) is 0 Å². The average Bonchev–Trinajstić information content (AvgIpc) is 2.79. The van der Waals surface area contributed by atoms with E-state index in [0.717, 1.165) is 20.8 Å². The van der Waals surface area contributed by atoms with E-state index < -0.39 is 5.82 Å². The first-order valence-corrected chi connectivity index (χ1v) is 8.92. The van der Waals surface area contributed by atoms with E-state index in [1.165, 1.54) is 28.8 Å². The van der Waals surface area contributed by atoms with Crippen LogP contribution in [0.2, 0.25) is 0 Å². The minimum atomic E-state index is -0.398. The molecule has 0 aliphatic rings. The molecule has 0 aliphatic carbocycles. The van der Waals surface area contributed by atoms with Crippen molar-refractivity contribution in [1.29, 1.82) is 0 Å². The minimum Gasteiger partial charge on any atom is -0.293 e. The lowest BCUT2D eigenvalue weighted by molar-refractivity contribution is 0.102. The third-order valence-corrected chi connectivity index (χ3v) is 5.67. The monoisotopic (exact) mass is 346 g/mol. The quantitative estimate of drug-likeness (QED) is 0.389. The summed E-state index contributed by atoms with van der Waals surface area (Å²) in [6, 6.07) is 5.78. The number of halogens is 1. The zero-order valence-electron chi connectivity index (χ0n) is 13.0. The highest BCUT2D eigenvalue weighted by molar-refractivity contribution is 8.00. The van der Waals surface area contributed by atoms with E-state index >= 15 is 0 Å². The molecule has 3 aromatic rings. The van der Waals surface area contributed by atoms with Crippen LogP contribution >= 0.6 is 23.1 Å². The van der Waals surface area contributed by atoms with Crippen LogP contribution in [0.3, 0.4) is 0 Å². The number of aryl methyl sites for hydroxylation is 3. The Bertz CT molecular complexity index is 905. The zero-order chi connectivity index (χ0) is 16.6. The van der Waals surface area contributed by atoms with Crippen molar-refractivity contribution in [2.24, 2.45) is 0 Å². The van der Waals surface area contributed by atoms with Gasteiger partial charge in [0.15, 0.2) is 5.78 Å². The molecule has 0 fully saturated rings. The highest BCUT2D eigenvalue weighted by atomic mass is 32.2. The van der Waals surface area contributed by atoms with Crippen LogP contribution < -0.4 is 0 Å². The summed E-state index contributed by atoms with van der Waals surface area (Å²) in [6.45, 7) is 5.96. The van der Waals surface area contributed by atoms with Gasteiger partial charge < -0.3 is 0 Å². The van der Waals surface area contributed by atoms with Gasteiger partial charge in [-0.25, -0.2) is 14.4 Å². The molecule has 1 aromatic carbocycles. The van der Waals surface area contributed by atoms with E-state index in [4.69, 9.17) is 0 Å². The first kappa shape index (κ1) is 16.1. The lowest BCUT2D eigenvalue weighted by atomic mass is 10.1. The molecule has 2 heterocycles. The molecule has 0 unspecified atom stereocenters. The summed E-state index contributed by atoms with van der Waals surface area (Å²) in [6.07, 6.45) is 0. The van der Waals surface area contributed by atoms with Crippen molar-refractivity contribution in [1.82, 2.24) is 9.97 Å². The Kier molecular flexibility index (Phi) is 4.46. The third-order valence-electron chi connectivity index (χ3n) is 3.59. The van der Waals surface area contributed by atoms with Gasteiger partial charge in [0.1, 0.15) is 21.5 Å². The molecule has 0 spiro atoms. The summed E-state index contributed by atoms with van der Waals surface area (Å²) in [5, 5.41) is 1.84. The molecular weight excluding hydrogens is 331 g/mol. The molecule has 2 aromatic heterocycles. The summed E-state index contributed by atoms with van der Waals surface area (Å²) >= 11 is 3.02. The Morgan fingerprint density at radius 1 is 1.26 bits per heavy atom. The van der Waals surface area contributed by atoms with Crippen LogP contribution in [0.4, 0.5) is 4.39 Å². The number of hydrogen-bond donors (Lipinski definition) is 0. The van der Waals surface area contributed by atoms with Crippen LogP contribution in [0.25, 0.3) is 10.2 Å². The van der Waals surface area contributed by atoms with Gasteiger partial charge >= 0.3 is 0 Å². The van der Waals surface area contributed by atoms with Crippen LogP contribution in [-0.2, 0) is 0 Å². The SMILES string of the molecule is Cc1nc(SCC(=O)c2cccc(F)c2)c2c(C)c(C)sc2n1. The van der Waals surface area contributed by atoms with E-state index in [2.05, 4.69) is 16.9 Å². The molecular formula is C17H15FN2OS2. The third kappa shape index (κ3) is 3.28. The summed E-state index contributed by atoms with van der Waals surface area (Å²) in [7, 11) is 0. The van der Waals surface area contributed by atoms with Gasteiger partial charge in [-0.2, -0.15) is 0 Å². The summed E-state index contributed by atoms with van der Waals surface area (Å²) < 4.78 is 13.2. The number of carbonyl (C=O) groups excluding carboxylic acids is 1. The van der Waals surface area contributed by atoms with E-state index in [9.17, 15) is 9.18 Å². The minimum absolute atomic E-state index is 0.108. The fourth-order valence-electron chi connectivity index (χ4n) is 2.30. The van der Waals surface area contributed by atoms with Crippen LogP contribution in [0.1, 0.15) is 26.6 Å². The summed E-state index contributed by atoms with van der Waals surface area (Å²) in [4.78, 5) is 23.4. The Hall–Kier alpha value is -1.79. The van der Waals surface area contributed by atoms with Crippen molar-refractivity contribution in [2.45, 2.75) is 25.8 Å². The van der Waals surface area contributed by atoms with Crippen LogP contribution in [0, 0.1) is 26.6 Å². The van der Waals surface area contributed by atoms with Crippen LogP contribution in [0.15, 0.2) is 29.3 Å². The van der Waals surface area contributed by atoms with Crippen LogP contribution in [0.5, 0.6) is 0 Å². The largest absolute Gasteiger partial charge is 0.293 e. The molecule has 3 rings (SSSR count). The molecule has 0 saturated heterocycles. The van der Waals surface area contributed by atoms with Gasteiger partial charge in [-0.1, -0.05) is 23.9 Å². The molecule has 0 saturated carbocycles. The van der Waals surface area contributed by atoms with Gasteiger partial charge in [0.05, 0.1) is 5.75 Å². The maximum atomic E-state index is 13.2. The first-order chi connectivity index (χ1) is 11.0. The molecule has 0 N–H and O–H groups in total. The van der Waals surface area contributed by atoms with E-state index in [-0.39, 0.29) is 11.5 Å². The fourth-order valence-corrected chi connectivity index (χ4v) is 4.46. The molecule has 23 heavy (non-hydrogen) atoms. The first-order valence-electron chi connectivity index (χ1n) is 7.11.